The number of ether oxygens (including phenoxy) is 1. The molecule has 4 unspecified atom stereocenters. The van der Waals surface area contributed by atoms with E-state index in [9.17, 15) is 67.7 Å². The van der Waals surface area contributed by atoms with E-state index in [4.69, 9.17) is 21.6 Å². The highest BCUT2D eigenvalue weighted by atomic mass is 32.2. The molecule has 112 heavy (non-hydrogen) atoms. The van der Waals surface area contributed by atoms with Gasteiger partial charge in [-0.3, -0.25) is 62.9 Å². The van der Waals surface area contributed by atoms with Crippen LogP contribution in [-0.4, -0.2) is 256 Å². The number of amides is 12. The molecule has 12 fully saturated rings. The summed E-state index contributed by atoms with van der Waals surface area (Å²) in [7, 11) is 0. The van der Waals surface area contributed by atoms with Crippen LogP contribution in [0.15, 0.2) is 42.5 Å². The first-order valence-corrected chi connectivity index (χ1v) is 40.9. The molecule has 13 aliphatic rings. The first-order valence-electron chi connectivity index (χ1n) is 38.9. The van der Waals surface area contributed by atoms with E-state index in [1.54, 1.807) is 29.4 Å². The lowest BCUT2D eigenvalue weighted by atomic mass is 9.79. The molecule has 13 atom stereocenters. The number of rotatable bonds is 12. The number of nitrogens with two attached hydrogens (primary N) is 2. The lowest BCUT2D eigenvalue weighted by molar-refractivity contribution is -0.147. The Morgan fingerprint density at radius 3 is 1.28 bits per heavy atom. The molecule has 606 valence electrons. The molecule has 31 nitrogen and oxygen atoms in total. The fraction of sp³-hybridized carbons (Fsp3) is 0.590. The summed E-state index contributed by atoms with van der Waals surface area (Å²) in [5.74, 6) is 2.07. The Labute approximate surface area is 666 Å². The molecule has 0 radical (unpaired) electrons. The number of amidine groups is 1. The summed E-state index contributed by atoms with van der Waals surface area (Å²) in [5, 5.41) is 46.9. The van der Waals surface area contributed by atoms with Gasteiger partial charge in [0.2, 0.25) is 70.9 Å². The van der Waals surface area contributed by atoms with Gasteiger partial charge in [0.1, 0.15) is 95.4 Å². The average Bonchev–Trinajstić information content (AvgIpc) is 1.58. The summed E-state index contributed by atoms with van der Waals surface area (Å²) in [6.45, 7) is 18.0. The number of aromatic hydroxyl groups is 2. The van der Waals surface area contributed by atoms with Crippen LogP contribution in [0.4, 0.5) is 0 Å². The van der Waals surface area contributed by atoms with Crippen molar-refractivity contribution in [2.24, 2.45) is 11.5 Å². The van der Waals surface area contributed by atoms with E-state index in [-0.39, 0.29) is 136 Å². The lowest BCUT2D eigenvalue weighted by Gasteiger charge is -2.35. The Morgan fingerprint density at radius 1 is 0.509 bits per heavy atom. The van der Waals surface area contributed by atoms with Gasteiger partial charge >= 0.3 is 0 Å². The summed E-state index contributed by atoms with van der Waals surface area (Å²) in [6.07, 6.45) is 12.4. The van der Waals surface area contributed by atoms with Crippen LogP contribution in [0, 0.1) is 40.0 Å². The summed E-state index contributed by atoms with van der Waals surface area (Å²) < 4.78 is 6.32. The summed E-state index contributed by atoms with van der Waals surface area (Å²) >= 11 is 9.76. The molecular formula is C78H106N16O15S3. The number of fused-ring (bicyclic) bond motifs is 7. The standard InChI is InChI=1S/C22H30N2O4.C16H20N2O3.C14H16N2O2.2C9H14N4O2S.C8H12N2O2S/c1-11-12(2)19-17(13(3)18(11)25)14(22(4,5)28-19)8-9-15-21(27)24-10-6-7-16(24)20(26)23-15;1-9-6-11(7-10(2)14(9)19)8-12-16(21)18-5-3-4-13(18)15(20)17-12;17-13-12-7-4-8-16(12)14(18)11(15-13)9-10-5-2-1-3-6-10;10-9(11)16-4-5-8(15)13-3-1-2-6(13)7(14)12-5;10-9(16)11-4-5-8(15)13-3-1-2-6(13)7(14)12-5;11-7-6-2-1-3-10(6)8(12)5(4-13)9-7/h14-16,25H,6-10H2,1-5H3,(H,23,26);6-7,12-13,19H,3-5,8H2,1-2H3,(H,17,20);1-3,5-6,11-12H,4,7-9H2,(H,15,17);5-6H,1-4H2,(H3,10,11)(H,12,14);5-6H,1-4H2,(H,12,14)(H3,10,11,16);5-6,13H,1-4H2,(H,9,11)/t14?,15-,16-;12-,13-;11-,12-;3*5-,6?/m000000/s1. The number of piperazine rings is 6. The predicted octanol–water partition coefficient (Wildman–Crippen LogP) is 1.42. The fourth-order valence-corrected chi connectivity index (χ4v) is 18.6. The Hall–Kier alpha value is -9.44. The molecule has 34 heteroatoms. The van der Waals surface area contributed by atoms with Crippen LogP contribution in [0.5, 0.6) is 17.2 Å². The number of aryl methyl sites for hydroxylation is 2. The third kappa shape index (κ3) is 18.1. The first-order chi connectivity index (χ1) is 53.3. The smallest absolute Gasteiger partial charge is 0.247 e. The van der Waals surface area contributed by atoms with Crippen molar-refractivity contribution in [2.45, 2.75) is 235 Å². The molecule has 3 aromatic rings. The highest BCUT2D eigenvalue weighted by molar-refractivity contribution is 8.13. The largest absolute Gasteiger partial charge is 0.507 e. The van der Waals surface area contributed by atoms with E-state index in [0.717, 1.165) is 152 Å². The minimum Gasteiger partial charge on any atom is -0.507 e. The number of hydrogen-bond acceptors (Lipinski definition) is 19. The number of carbonyl (C=O) groups excluding carboxylic acids is 12. The number of hydrogen-bond donors (Lipinski definition) is 13. The number of nitrogens with one attached hydrogen (secondary N) is 8. The molecule has 0 aromatic heterocycles. The second kappa shape index (κ2) is 35.7. The van der Waals surface area contributed by atoms with Crippen LogP contribution in [0.2, 0.25) is 0 Å². The molecule has 13 aliphatic heterocycles. The maximum atomic E-state index is 12.8. The van der Waals surface area contributed by atoms with E-state index in [0.29, 0.717) is 69.1 Å². The molecule has 12 saturated heterocycles. The number of thioether (sulfide) groups is 1. The molecular weight excluding hydrogens is 1500 g/mol. The Kier molecular flexibility index (Phi) is 26.6. The van der Waals surface area contributed by atoms with E-state index in [1.807, 2.05) is 77.1 Å². The van der Waals surface area contributed by atoms with Gasteiger partial charge in [0, 0.05) is 81.6 Å². The molecule has 0 saturated carbocycles. The van der Waals surface area contributed by atoms with Crippen molar-refractivity contribution in [3.05, 3.63) is 87.0 Å². The van der Waals surface area contributed by atoms with E-state index in [2.05, 4.69) is 75.9 Å². The quantitative estimate of drug-likeness (QED) is 0.0528. The monoisotopic (exact) mass is 1600 g/mol. The van der Waals surface area contributed by atoms with Gasteiger partial charge < -0.3 is 93.0 Å². The van der Waals surface area contributed by atoms with Crippen LogP contribution in [0.1, 0.15) is 154 Å². The van der Waals surface area contributed by atoms with Gasteiger partial charge in [-0.2, -0.15) is 12.6 Å². The lowest BCUT2D eigenvalue weighted by Crippen LogP contribution is -2.63. The van der Waals surface area contributed by atoms with Gasteiger partial charge in [-0.1, -0.05) is 54.2 Å². The van der Waals surface area contributed by atoms with Gasteiger partial charge in [0.15, 0.2) is 10.3 Å². The van der Waals surface area contributed by atoms with Crippen LogP contribution >= 0.6 is 36.6 Å². The van der Waals surface area contributed by atoms with Gasteiger partial charge in [-0.05, 0) is 190 Å². The topological polar surface area (TPSA) is 434 Å². The van der Waals surface area contributed by atoms with Crippen molar-refractivity contribution in [3.63, 3.8) is 0 Å². The van der Waals surface area contributed by atoms with Crippen LogP contribution in [0.25, 0.3) is 0 Å². The van der Waals surface area contributed by atoms with Crippen molar-refractivity contribution in [2.75, 3.05) is 57.3 Å². The van der Waals surface area contributed by atoms with E-state index >= 15 is 0 Å². The molecule has 12 amide bonds. The highest BCUT2D eigenvalue weighted by Gasteiger charge is 2.50. The van der Waals surface area contributed by atoms with Gasteiger partial charge in [0.25, 0.3) is 0 Å². The Morgan fingerprint density at radius 2 is 0.866 bits per heavy atom. The summed E-state index contributed by atoms with van der Waals surface area (Å²) in [5.41, 5.74) is 17.4. The zero-order chi connectivity index (χ0) is 80.9. The molecule has 13 heterocycles. The Balaban J connectivity index is 0.000000135. The second-order valence-corrected chi connectivity index (χ2v) is 33.2. The number of benzene rings is 3. The first kappa shape index (κ1) is 83.5. The molecule has 0 bridgehead atoms. The zero-order valence-electron chi connectivity index (χ0n) is 64.5. The van der Waals surface area contributed by atoms with Gasteiger partial charge in [0.05, 0.1) is 0 Å². The van der Waals surface area contributed by atoms with Crippen molar-refractivity contribution in [1.82, 2.24) is 66.6 Å². The average molecular weight is 1600 g/mol. The third-order valence-corrected chi connectivity index (χ3v) is 24.9. The SMILES string of the molecule is Cc1c(C)c2c(c(C)c1O)C(CC[C@@H]1NC(=O)[C@@H]3CCCN3C1=O)C(C)(C)O2.Cc1cc(C[C@@H]2NC(=O)[C@@H]3CCCN3C2=O)cc(C)c1O.N=C(N)SC[C@@H]1NC(=O)C2CCCN2C1=O.NC(=S)NC[C@@H]1NC(=O)C2CCCN2C1=O.O=C1N[C@@H](CS)C(=O)N2CCCC12.O=C1N[C@@H](Cc2ccccc2)C(=O)N2CCC[C@@H]12. The predicted molar refractivity (Wildman–Crippen MR) is 423 cm³/mol. The van der Waals surface area contributed by atoms with Crippen molar-refractivity contribution >= 4 is 118 Å². The summed E-state index contributed by atoms with van der Waals surface area (Å²) in [6, 6.07) is 9.19. The number of phenolic OH excluding ortho intramolecular Hbond substituents is 2. The second-order valence-electron chi connectivity index (χ2n) is 31.4. The third-order valence-electron chi connectivity index (χ3n) is 23.6. The van der Waals surface area contributed by atoms with Crippen LogP contribution < -0.4 is 53.4 Å². The minimum atomic E-state index is -0.552. The van der Waals surface area contributed by atoms with Crippen LogP contribution in [0.3, 0.4) is 0 Å². The Bertz CT molecular complexity index is 4120. The maximum Gasteiger partial charge on any atom is 0.247 e. The van der Waals surface area contributed by atoms with E-state index < -0.39 is 41.9 Å². The van der Waals surface area contributed by atoms with Crippen molar-refractivity contribution in [1.29, 1.82) is 5.41 Å². The maximum absolute atomic E-state index is 12.8. The molecule has 16 rings (SSSR count). The number of phenols is 2. The van der Waals surface area contributed by atoms with Gasteiger partial charge in [-0.25, -0.2) is 0 Å². The molecule has 0 aliphatic carbocycles. The highest BCUT2D eigenvalue weighted by Crippen LogP contribution is 2.53. The number of nitrogens with zero attached hydrogens (tertiary/aromatic N) is 6. The molecule has 0 spiro atoms. The number of carbonyl (C=O) groups is 12. The molecule has 3 aromatic carbocycles. The van der Waals surface area contributed by atoms with Crippen molar-refractivity contribution < 1.29 is 72.5 Å². The van der Waals surface area contributed by atoms with Crippen LogP contribution in [-0.2, 0) is 70.4 Å². The fourth-order valence-electron chi connectivity index (χ4n) is 17.7. The zero-order valence-corrected chi connectivity index (χ0v) is 67.1. The van der Waals surface area contributed by atoms with Gasteiger partial charge in [-0.15, -0.1) is 0 Å². The normalized spacial score (nSPS) is 28.1. The molecule has 14 N–H and O–H groups in total. The van der Waals surface area contributed by atoms with Crippen molar-refractivity contribution in [3.8, 4) is 17.2 Å². The summed E-state index contributed by atoms with van der Waals surface area (Å²) in [4.78, 5) is 154. The minimum absolute atomic E-state index is 0.00744. The van der Waals surface area contributed by atoms with E-state index in [1.165, 1.54) is 0 Å². The number of thiocarbonyl (C=S) groups is 1. The number of thiol groups is 1.